The molecular formula is C19H15BrN4O. The normalized spacial score (nSPS) is 11.0. The van der Waals surface area contributed by atoms with Crippen LogP contribution in [0.5, 0.6) is 0 Å². The third kappa shape index (κ3) is 3.13. The highest BCUT2D eigenvalue weighted by molar-refractivity contribution is 9.10. The number of benzene rings is 2. The second-order valence-electron chi connectivity index (χ2n) is 5.90. The summed E-state index contributed by atoms with van der Waals surface area (Å²) < 4.78 is 6.39. The molecule has 6 heteroatoms. The highest BCUT2D eigenvalue weighted by Crippen LogP contribution is 2.26. The van der Waals surface area contributed by atoms with Gasteiger partial charge >= 0.3 is 0 Å². The van der Waals surface area contributed by atoms with Gasteiger partial charge in [-0.1, -0.05) is 33.2 Å². The van der Waals surface area contributed by atoms with Crippen molar-refractivity contribution in [1.82, 2.24) is 20.3 Å². The van der Waals surface area contributed by atoms with Crippen LogP contribution in [0.1, 0.15) is 11.1 Å². The van der Waals surface area contributed by atoms with Gasteiger partial charge in [0, 0.05) is 15.6 Å². The molecule has 0 saturated carbocycles. The van der Waals surface area contributed by atoms with Crippen LogP contribution in [0.4, 0.5) is 0 Å². The van der Waals surface area contributed by atoms with Gasteiger partial charge in [-0.3, -0.25) is 5.10 Å². The van der Waals surface area contributed by atoms with Crippen molar-refractivity contribution in [2.24, 2.45) is 0 Å². The molecule has 0 saturated heterocycles. The second-order valence-corrected chi connectivity index (χ2v) is 6.81. The second kappa shape index (κ2) is 6.29. The number of rotatable bonds is 3. The average Bonchev–Trinajstić information content (AvgIpc) is 3.27. The van der Waals surface area contributed by atoms with E-state index in [0.29, 0.717) is 17.4 Å². The topological polar surface area (TPSA) is 67.6 Å². The van der Waals surface area contributed by atoms with Crippen molar-refractivity contribution in [3.05, 3.63) is 64.1 Å². The number of halogens is 1. The van der Waals surface area contributed by atoms with Crippen molar-refractivity contribution >= 4 is 15.9 Å². The first kappa shape index (κ1) is 15.8. The van der Waals surface area contributed by atoms with Gasteiger partial charge in [-0.15, -0.1) is 0 Å². The largest absolute Gasteiger partial charge is 0.332 e. The van der Waals surface area contributed by atoms with Gasteiger partial charge < -0.3 is 4.52 Å². The molecule has 2 aromatic heterocycles. The summed E-state index contributed by atoms with van der Waals surface area (Å²) in [7, 11) is 0. The molecule has 4 aromatic rings. The summed E-state index contributed by atoms with van der Waals surface area (Å²) in [6.07, 6.45) is 0. The van der Waals surface area contributed by atoms with E-state index in [2.05, 4.69) is 68.3 Å². The van der Waals surface area contributed by atoms with Gasteiger partial charge in [0.25, 0.3) is 5.89 Å². The zero-order chi connectivity index (χ0) is 17.4. The van der Waals surface area contributed by atoms with Gasteiger partial charge in [0.15, 0.2) is 0 Å². The fourth-order valence-corrected chi connectivity index (χ4v) is 2.79. The number of nitrogens with zero attached hydrogens (tertiary/aromatic N) is 3. The third-order valence-corrected chi connectivity index (χ3v) is 4.67. The summed E-state index contributed by atoms with van der Waals surface area (Å²) >= 11 is 3.42. The summed E-state index contributed by atoms with van der Waals surface area (Å²) in [6, 6.07) is 16.0. The van der Waals surface area contributed by atoms with Crippen molar-refractivity contribution < 1.29 is 4.52 Å². The van der Waals surface area contributed by atoms with Gasteiger partial charge in [-0.05, 0) is 61.4 Å². The van der Waals surface area contributed by atoms with E-state index in [0.717, 1.165) is 21.3 Å². The predicted octanol–water partition coefficient (Wildman–Crippen LogP) is 5.17. The van der Waals surface area contributed by atoms with Crippen molar-refractivity contribution in [2.45, 2.75) is 13.8 Å². The van der Waals surface area contributed by atoms with Crippen molar-refractivity contribution in [2.75, 3.05) is 0 Å². The Morgan fingerprint density at radius 2 is 1.68 bits per heavy atom. The summed E-state index contributed by atoms with van der Waals surface area (Å²) in [4.78, 5) is 4.45. The van der Waals surface area contributed by atoms with Crippen LogP contribution < -0.4 is 0 Å². The van der Waals surface area contributed by atoms with Gasteiger partial charge in [-0.2, -0.15) is 10.1 Å². The number of H-pyrrole nitrogens is 1. The van der Waals surface area contributed by atoms with Crippen molar-refractivity contribution in [1.29, 1.82) is 0 Å². The monoisotopic (exact) mass is 394 g/mol. The fourth-order valence-electron chi connectivity index (χ4n) is 2.53. The van der Waals surface area contributed by atoms with Crippen LogP contribution in [0, 0.1) is 13.8 Å². The first-order valence-electron chi connectivity index (χ1n) is 7.83. The molecule has 25 heavy (non-hydrogen) atoms. The van der Waals surface area contributed by atoms with E-state index in [1.807, 2.05) is 30.3 Å². The predicted molar refractivity (Wildman–Crippen MR) is 99.9 cm³/mol. The van der Waals surface area contributed by atoms with Gasteiger partial charge in [0.05, 0.1) is 5.69 Å². The molecule has 0 fully saturated rings. The first-order chi connectivity index (χ1) is 12.1. The van der Waals surface area contributed by atoms with Gasteiger partial charge in [-0.25, -0.2) is 0 Å². The molecule has 4 rings (SSSR count). The molecule has 124 valence electrons. The van der Waals surface area contributed by atoms with E-state index < -0.39 is 0 Å². The zero-order valence-corrected chi connectivity index (χ0v) is 15.3. The van der Waals surface area contributed by atoms with Crippen LogP contribution >= 0.6 is 15.9 Å². The number of aromatic nitrogens is 4. The van der Waals surface area contributed by atoms with Crippen LogP contribution in [0.3, 0.4) is 0 Å². The molecule has 2 heterocycles. The minimum absolute atomic E-state index is 0.417. The summed E-state index contributed by atoms with van der Waals surface area (Å²) in [5.41, 5.74) is 5.99. The molecule has 0 atom stereocenters. The Hall–Kier alpha value is -2.73. The quantitative estimate of drug-likeness (QED) is 0.520. The SMILES string of the molecule is Cc1ccc(-c2cc(-c3nc(-c4ccc(Br)cc4)no3)[nH]n2)cc1C. The number of hydrogen-bond acceptors (Lipinski definition) is 4. The standard InChI is InChI=1S/C19H15BrN4O/c1-11-3-4-14(9-12(11)2)16-10-17(23-22-16)19-21-18(24-25-19)13-5-7-15(20)8-6-13/h3-10H,1-2H3,(H,22,23). The number of hydrogen-bond donors (Lipinski definition) is 1. The number of aromatic amines is 1. The minimum Gasteiger partial charge on any atom is -0.332 e. The molecule has 2 aromatic carbocycles. The minimum atomic E-state index is 0.417. The van der Waals surface area contributed by atoms with Crippen LogP contribution in [0.2, 0.25) is 0 Å². The smallest absolute Gasteiger partial charge is 0.276 e. The van der Waals surface area contributed by atoms with E-state index in [9.17, 15) is 0 Å². The van der Waals surface area contributed by atoms with E-state index in [1.165, 1.54) is 11.1 Å². The Morgan fingerprint density at radius 3 is 2.44 bits per heavy atom. The van der Waals surface area contributed by atoms with Crippen LogP contribution in [0.15, 0.2) is 57.5 Å². The van der Waals surface area contributed by atoms with E-state index in [4.69, 9.17) is 4.52 Å². The molecule has 5 nitrogen and oxygen atoms in total. The lowest BCUT2D eigenvalue weighted by atomic mass is 10.0. The maximum absolute atomic E-state index is 5.38. The summed E-state index contributed by atoms with van der Waals surface area (Å²) in [6.45, 7) is 4.19. The molecular weight excluding hydrogens is 380 g/mol. The lowest BCUT2D eigenvalue weighted by molar-refractivity contribution is 0.431. The molecule has 0 radical (unpaired) electrons. The third-order valence-electron chi connectivity index (χ3n) is 4.14. The lowest BCUT2D eigenvalue weighted by Crippen LogP contribution is -1.83. The molecule has 0 unspecified atom stereocenters. The van der Waals surface area contributed by atoms with E-state index in [-0.39, 0.29) is 0 Å². The van der Waals surface area contributed by atoms with Gasteiger partial charge in [0.1, 0.15) is 5.69 Å². The molecule has 1 N–H and O–H groups in total. The van der Waals surface area contributed by atoms with E-state index >= 15 is 0 Å². The molecule has 0 amide bonds. The first-order valence-corrected chi connectivity index (χ1v) is 8.62. The van der Waals surface area contributed by atoms with Crippen LogP contribution in [0.25, 0.3) is 34.2 Å². The molecule has 0 bridgehead atoms. The molecule has 0 aliphatic heterocycles. The van der Waals surface area contributed by atoms with Crippen LogP contribution in [-0.2, 0) is 0 Å². The Labute approximate surface area is 153 Å². The maximum Gasteiger partial charge on any atom is 0.276 e. The summed E-state index contributed by atoms with van der Waals surface area (Å²) in [5.74, 6) is 0.963. The Kier molecular flexibility index (Phi) is 3.97. The Morgan fingerprint density at radius 1 is 0.920 bits per heavy atom. The molecule has 0 aliphatic carbocycles. The molecule has 0 spiro atoms. The number of aryl methyl sites for hydroxylation is 2. The van der Waals surface area contributed by atoms with Gasteiger partial charge in [0.2, 0.25) is 5.82 Å². The highest BCUT2D eigenvalue weighted by Gasteiger charge is 2.14. The highest BCUT2D eigenvalue weighted by atomic mass is 79.9. The maximum atomic E-state index is 5.38. The zero-order valence-electron chi connectivity index (χ0n) is 13.7. The Bertz CT molecular complexity index is 1030. The lowest BCUT2D eigenvalue weighted by Gasteiger charge is -2.01. The number of nitrogens with one attached hydrogen (secondary N) is 1. The van der Waals surface area contributed by atoms with Crippen molar-refractivity contribution in [3.8, 4) is 34.2 Å². The van der Waals surface area contributed by atoms with E-state index in [1.54, 1.807) is 0 Å². The van der Waals surface area contributed by atoms with Crippen molar-refractivity contribution in [3.63, 3.8) is 0 Å². The average molecular weight is 395 g/mol. The summed E-state index contributed by atoms with van der Waals surface area (Å²) in [5, 5.41) is 11.4. The fraction of sp³-hybridized carbons (Fsp3) is 0.105. The van der Waals surface area contributed by atoms with Crippen LogP contribution in [-0.4, -0.2) is 20.3 Å². The molecule has 0 aliphatic rings. The Balaban J connectivity index is 1.64.